The summed E-state index contributed by atoms with van der Waals surface area (Å²) < 4.78 is 4.89. The van der Waals surface area contributed by atoms with E-state index in [0.29, 0.717) is 12.0 Å². The number of hydrogen-bond acceptors (Lipinski definition) is 5. The number of rotatable bonds is 5. The highest BCUT2D eigenvalue weighted by molar-refractivity contribution is 6.32. The van der Waals surface area contributed by atoms with Crippen LogP contribution < -0.4 is 5.32 Å². The monoisotopic (exact) mass is 389 g/mol. The van der Waals surface area contributed by atoms with Crippen molar-refractivity contribution in [1.82, 2.24) is 5.32 Å². The Labute approximate surface area is 159 Å². The molecule has 7 nitrogen and oxygen atoms in total. The molecule has 140 valence electrons. The molecule has 1 amide bonds. The number of aromatic hydroxyl groups is 1. The SMILES string of the molecule is O=C(NC(Cc1ccccc1)C(=O)O)c1cc(Cl)c2c(c1O)C(=O)OCC2. The van der Waals surface area contributed by atoms with Crippen LogP contribution in [0.5, 0.6) is 5.75 Å². The van der Waals surface area contributed by atoms with Crippen LogP contribution in [-0.2, 0) is 22.4 Å². The second-order valence-electron chi connectivity index (χ2n) is 6.05. The lowest BCUT2D eigenvalue weighted by molar-refractivity contribution is -0.139. The second-order valence-corrected chi connectivity index (χ2v) is 6.46. The van der Waals surface area contributed by atoms with Crippen LogP contribution in [0.25, 0.3) is 0 Å². The van der Waals surface area contributed by atoms with E-state index in [1.807, 2.05) is 0 Å². The maximum Gasteiger partial charge on any atom is 0.342 e. The van der Waals surface area contributed by atoms with Crippen LogP contribution in [0.1, 0.15) is 31.8 Å². The fourth-order valence-corrected chi connectivity index (χ4v) is 3.22. The van der Waals surface area contributed by atoms with Crippen molar-refractivity contribution in [2.24, 2.45) is 0 Å². The van der Waals surface area contributed by atoms with Crippen molar-refractivity contribution in [3.8, 4) is 5.75 Å². The zero-order chi connectivity index (χ0) is 19.6. The molecule has 3 N–H and O–H groups in total. The zero-order valence-electron chi connectivity index (χ0n) is 14.1. The third-order valence-electron chi connectivity index (χ3n) is 4.27. The Bertz CT molecular complexity index is 912. The summed E-state index contributed by atoms with van der Waals surface area (Å²) in [6.45, 7) is 0.134. The molecular weight excluding hydrogens is 374 g/mol. The Hall–Kier alpha value is -3.06. The summed E-state index contributed by atoms with van der Waals surface area (Å²) in [6.07, 6.45) is 0.379. The number of carboxylic acids is 1. The van der Waals surface area contributed by atoms with Crippen molar-refractivity contribution >= 4 is 29.4 Å². The first kappa shape index (κ1) is 18.7. The topological polar surface area (TPSA) is 113 Å². The minimum atomic E-state index is -1.23. The lowest BCUT2D eigenvalue weighted by Crippen LogP contribution is -2.42. The van der Waals surface area contributed by atoms with Crippen LogP contribution in [0.15, 0.2) is 36.4 Å². The second kappa shape index (κ2) is 7.67. The van der Waals surface area contributed by atoms with E-state index < -0.39 is 29.6 Å². The first-order chi connectivity index (χ1) is 12.9. The van der Waals surface area contributed by atoms with Crippen molar-refractivity contribution in [2.45, 2.75) is 18.9 Å². The average Bonchev–Trinajstić information content (AvgIpc) is 2.64. The van der Waals surface area contributed by atoms with E-state index in [4.69, 9.17) is 16.3 Å². The molecule has 8 heteroatoms. The number of carbonyl (C=O) groups is 3. The van der Waals surface area contributed by atoms with Crippen LogP contribution in [0, 0.1) is 0 Å². The van der Waals surface area contributed by atoms with Gasteiger partial charge in [-0.25, -0.2) is 9.59 Å². The zero-order valence-corrected chi connectivity index (χ0v) is 14.8. The molecule has 0 fully saturated rings. The predicted molar refractivity (Wildman–Crippen MR) is 96.1 cm³/mol. The van der Waals surface area contributed by atoms with Crippen LogP contribution in [-0.4, -0.2) is 40.7 Å². The molecule has 0 spiro atoms. The molecule has 0 aliphatic carbocycles. The van der Waals surface area contributed by atoms with Gasteiger partial charge < -0.3 is 20.3 Å². The Morgan fingerprint density at radius 3 is 2.63 bits per heavy atom. The summed E-state index contributed by atoms with van der Waals surface area (Å²) in [6, 6.07) is 8.81. The summed E-state index contributed by atoms with van der Waals surface area (Å²) >= 11 is 6.14. The van der Waals surface area contributed by atoms with E-state index in [2.05, 4.69) is 5.32 Å². The number of fused-ring (bicyclic) bond motifs is 1. The van der Waals surface area contributed by atoms with Gasteiger partial charge in [-0.05, 0) is 17.2 Å². The molecule has 2 aromatic rings. The van der Waals surface area contributed by atoms with Gasteiger partial charge in [0.05, 0.1) is 12.2 Å². The number of cyclic esters (lactones) is 1. The third-order valence-corrected chi connectivity index (χ3v) is 4.61. The molecule has 1 aliphatic rings. The van der Waals surface area contributed by atoms with Gasteiger partial charge in [-0.2, -0.15) is 0 Å². The molecule has 2 aromatic carbocycles. The number of nitrogens with one attached hydrogen (secondary N) is 1. The first-order valence-corrected chi connectivity index (χ1v) is 8.55. The van der Waals surface area contributed by atoms with Crippen molar-refractivity contribution < 1.29 is 29.3 Å². The molecule has 1 unspecified atom stereocenters. The van der Waals surface area contributed by atoms with Crippen LogP contribution in [0.2, 0.25) is 5.02 Å². The minimum Gasteiger partial charge on any atom is -0.506 e. The highest BCUT2D eigenvalue weighted by atomic mass is 35.5. The number of aliphatic carboxylic acids is 1. The lowest BCUT2D eigenvalue weighted by Gasteiger charge is -2.21. The molecule has 1 atom stereocenters. The van der Waals surface area contributed by atoms with Crippen molar-refractivity contribution in [1.29, 1.82) is 0 Å². The smallest absolute Gasteiger partial charge is 0.342 e. The van der Waals surface area contributed by atoms with Crippen molar-refractivity contribution in [2.75, 3.05) is 6.61 Å². The van der Waals surface area contributed by atoms with Gasteiger partial charge in [0, 0.05) is 17.9 Å². The van der Waals surface area contributed by atoms with E-state index in [1.165, 1.54) is 6.07 Å². The summed E-state index contributed by atoms with van der Waals surface area (Å²) in [7, 11) is 0. The molecule has 3 rings (SSSR count). The van der Waals surface area contributed by atoms with Crippen molar-refractivity contribution in [3.63, 3.8) is 0 Å². The van der Waals surface area contributed by atoms with E-state index in [9.17, 15) is 24.6 Å². The maximum absolute atomic E-state index is 12.6. The molecule has 0 radical (unpaired) electrons. The number of hydrogen-bond donors (Lipinski definition) is 3. The van der Waals surface area contributed by atoms with Crippen LogP contribution in [0.3, 0.4) is 0 Å². The number of phenolic OH excluding ortho intramolecular Hbond substituents is 1. The Morgan fingerprint density at radius 1 is 1.26 bits per heavy atom. The lowest BCUT2D eigenvalue weighted by atomic mass is 9.97. The number of ether oxygens (including phenoxy) is 1. The number of benzene rings is 2. The van der Waals surface area contributed by atoms with Crippen molar-refractivity contribution in [3.05, 3.63) is 63.7 Å². The van der Waals surface area contributed by atoms with Gasteiger partial charge in [0.15, 0.2) is 0 Å². The first-order valence-electron chi connectivity index (χ1n) is 8.17. The van der Waals surface area contributed by atoms with E-state index in [-0.39, 0.29) is 29.2 Å². The maximum atomic E-state index is 12.6. The molecule has 27 heavy (non-hydrogen) atoms. The van der Waals surface area contributed by atoms with Gasteiger partial charge in [0.1, 0.15) is 17.4 Å². The normalized spacial score (nSPS) is 14.0. The van der Waals surface area contributed by atoms with Gasteiger partial charge >= 0.3 is 11.9 Å². The average molecular weight is 390 g/mol. The van der Waals surface area contributed by atoms with E-state index >= 15 is 0 Å². The fourth-order valence-electron chi connectivity index (χ4n) is 2.92. The standard InChI is InChI=1S/C19H16ClNO6/c20-13-9-12(16(22)15-11(13)6-7-27-19(15)26)17(23)21-14(18(24)25)8-10-4-2-1-3-5-10/h1-5,9,14,22H,6-8H2,(H,21,23)(H,24,25). The number of carbonyl (C=O) groups excluding carboxylic acids is 2. The Balaban J connectivity index is 1.89. The highest BCUT2D eigenvalue weighted by Crippen LogP contribution is 2.35. The molecule has 0 saturated carbocycles. The van der Waals surface area contributed by atoms with Crippen LogP contribution in [0.4, 0.5) is 0 Å². The highest BCUT2D eigenvalue weighted by Gasteiger charge is 2.30. The molecular formula is C19H16ClNO6. The van der Waals surface area contributed by atoms with Gasteiger partial charge in [-0.3, -0.25) is 4.79 Å². The Morgan fingerprint density at radius 2 is 1.96 bits per heavy atom. The third kappa shape index (κ3) is 3.88. The van der Waals surface area contributed by atoms with Gasteiger partial charge in [0.2, 0.25) is 0 Å². The summed E-state index contributed by atoms with van der Waals surface area (Å²) in [5.74, 6) is -3.42. The molecule has 0 saturated heterocycles. The van der Waals surface area contributed by atoms with Gasteiger partial charge in [-0.15, -0.1) is 0 Å². The number of carboxylic acid groups (broad SMARTS) is 1. The largest absolute Gasteiger partial charge is 0.506 e. The minimum absolute atomic E-state index is 0.0589. The molecule has 0 bridgehead atoms. The predicted octanol–water partition coefficient (Wildman–Crippen LogP) is 2.18. The number of halogens is 1. The van der Waals surface area contributed by atoms with E-state index in [0.717, 1.165) is 5.56 Å². The molecule has 1 aliphatic heterocycles. The van der Waals surface area contributed by atoms with E-state index in [1.54, 1.807) is 30.3 Å². The molecule has 1 heterocycles. The summed E-state index contributed by atoms with van der Waals surface area (Å²) in [5, 5.41) is 22.3. The van der Waals surface area contributed by atoms with Gasteiger partial charge in [-0.1, -0.05) is 41.9 Å². The molecule has 0 aromatic heterocycles. The van der Waals surface area contributed by atoms with Gasteiger partial charge in [0.25, 0.3) is 5.91 Å². The number of phenols is 1. The Kier molecular flexibility index (Phi) is 5.32. The van der Waals surface area contributed by atoms with Crippen LogP contribution >= 0.6 is 11.6 Å². The summed E-state index contributed by atoms with van der Waals surface area (Å²) in [4.78, 5) is 36.0. The summed E-state index contributed by atoms with van der Waals surface area (Å²) in [5.41, 5.74) is 0.688. The number of amides is 1. The quantitative estimate of drug-likeness (QED) is 0.675. The number of esters is 1. The fraction of sp³-hybridized carbons (Fsp3) is 0.211.